The molecule has 130 valence electrons. The van der Waals surface area contributed by atoms with Crippen LogP contribution in [0.3, 0.4) is 0 Å². The maximum absolute atomic E-state index is 12.0. The first-order valence-corrected chi connectivity index (χ1v) is 10.4. The van der Waals surface area contributed by atoms with E-state index in [1.165, 1.54) is 11.8 Å². The molecular formula is C18H17BrN2O2S2. The zero-order valence-corrected chi connectivity index (χ0v) is 16.6. The zero-order chi connectivity index (χ0) is 17.6. The Kier molecular flexibility index (Phi) is 6.45. The number of nitrogens with one attached hydrogen (secondary N) is 1. The number of hydrogen-bond acceptors (Lipinski definition) is 4. The summed E-state index contributed by atoms with van der Waals surface area (Å²) in [7, 11) is 0. The molecule has 7 heteroatoms. The van der Waals surface area contributed by atoms with E-state index in [1.54, 1.807) is 16.7 Å². The molecule has 0 aliphatic carbocycles. The molecule has 1 fully saturated rings. The third-order valence-electron chi connectivity index (χ3n) is 3.64. The first kappa shape index (κ1) is 18.4. The highest BCUT2D eigenvalue weighted by molar-refractivity contribution is 9.10. The van der Waals surface area contributed by atoms with Gasteiger partial charge in [0.25, 0.3) is 5.24 Å². The minimum Gasteiger partial charge on any atom is -0.332 e. The van der Waals surface area contributed by atoms with E-state index in [-0.39, 0.29) is 11.1 Å². The Hall–Kier alpha value is -1.44. The third kappa shape index (κ3) is 5.52. The van der Waals surface area contributed by atoms with Gasteiger partial charge in [-0.05, 0) is 48.5 Å². The molecule has 2 aromatic rings. The molecule has 1 N–H and O–H groups in total. The van der Waals surface area contributed by atoms with Gasteiger partial charge in [-0.1, -0.05) is 39.5 Å². The Morgan fingerprint density at radius 1 is 1.12 bits per heavy atom. The molecule has 0 bridgehead atoms. The van der Waals surface area contributed by atoms with Gasteiger partial charge in [-0.15, -0.1) is 0 Å². The standard InChI is InChI=1S/C18H17BrN2O2S2/c19-13-1-5-15(6-2-13)25-16-7-3-14(4-8-16)20-17(22)9-10-21-11-12-24-18(21)23/h1-8H,9-12H2,(H,20,22). The predicted molar refractivity (Wildman–Crippen MR) is 107 cm³/mol. The highest BCUT2D eigenvalue weighted by Crippen LogP contribution is 2.29. The summed E-state index contributed by atoms with van der Waals surface area (Å²) in [6, 6.07) is 15.9. The molecule has 1 aliphatic rings. The van der Waals surface area contributed by atoms with E-state index in [0.717, 1.165) is 32.2 Å². The lowest BCUT2D eigenvalue weighted by Crippen LogP contribution is -2.27. The largest absolute Gasteiger partial charge is 0.332 e. The SMILES string of the molecule is O=C(CCN1CCSC1=O)Nc1ccc(Sc2ccc(Br)cc2)cc1. The zero-order valence-electron chi connectivity index (χ0n) is 13.4. The summed E-state index contributed by atoms with van der Waals surface area (Å²) < 4.78 is 1.06. The molecule has 2 aromatic carbocycles. The lowest BCUT2D eigenvalue weighted by atomic mass is 10.3. The van der Waals surface area contributed by atoms with Crippen molar-refractivity contribution in [3.63, 3.8) is 0 Å². The topological polar surface area (TPSA) is 49.4 Å². The molecule has 0 spiro atoms. The van der Waals surface area contributed by atoms with Gasteiger partial charge in [-0.2, -0.15) is 0 Å². The molecule has 1 heterocycles. The summed E-state index contributed by atoms with van der Waals surface area (Å²) in [6.45, 7) is 1.22. The molecule has 0 atom stereocenters. The minimum atomic E-state index is -0.0713. The lowest BCUT2D eigenvalue weighted by Gasteiger charge is -2.14. The van der Waals surface area contributed by atoms with Gasteiger partial charge in [0.15, 0.2) is 0 Å². The van der Waals surface area contributed by atoms with E-state index in [4.69, 9.17) is 0 Å². The van der Waals surface area contributed by atoms with E-state index in [2.05, 4.69) is 33.4 Å². The summed E-state index contributed by atoms with van der Waals surface area (Å²) in [5, 5.41) is 2.95. The van der Waals surface area contributed by atoms with Crippen LogP contribution in [0.1, 0.15) is 6.42 Å². The van der Waals surface area contributed by atoms with E-state index in [9.17, 15) is 9.59 Å². The number of hydrogen-bond donors (Lipinski definition) is 1. The van der Waals surface area contributed by atoms with Crippen LogP contribution in [0.15, 0.2) is 62.8 Å². The minimum absolute atomic E-state index is 0.0713. The maximum Gasteiger partial charge on any atom is 0.281 e. The van der Waals surface area contributed by atoms with E-state index >= 15 is 0 Å². The molecule has 25 heavy (non-hydrogen) atoms. The number of nitrogens with zero attached hydrogens (tertiary/aromatic N) is 1. The Morgan fingerprint density at radius 3 is 2.36 bits per heavy atom. The fourth-order valence-corrected chi connectivity index (χ4v) is 4.27. The van der Waals surface area contributed by atoms with Crippen molar-refractivity contribution in [3.8, 4) is 0 Å². The fraction of sp³-hybridized carbons (Fsp3) is 0.222. The van der Waals surface area contributed by atoms with Crippen molar-refractivity contribution in [1.82, 2.24) is 4.90 Å². The van der Waals surface area contributed by atoms with Crippen LogP contribution in [0.4, 0.5) is 10.5 Å². The van der Waals surface area contributed by atoms with Crippen molar-refractivity contribution in [1.29, 1.82) is 0 Å². The molecule has 1 saturated heterocycles. The van der Waals surface area contributed by atoms with Crippen molar-refractivity contribution in [2.75, 3.05) is 24.2 Å². The average Bonchev–Trinajstić information content (AvgIpc) is 3.02. The lowest BCUT2D eigenvalue weighted by molar-refractivity contribution is -0.116. The van der Waals surface area contributed by atoms with Gasteiger partial charge in [0.05, 0.1) is 0 Å². The summed E-state index contributed by atoms with van der Waals surface area (Å²) in [6.07, 6.45) is 0.321. The number of carbonyl (C=O) groups is 2. The van der Waals surface area contributed by atoms with Gasteiger partial charge in [-0.3, -0.25) is 9.59 Å². The van der Waals surface area contributed by atoms with Crippen molar-refractivity contribution in [2.45, 2.75) is 16.2 Å². The van der Waals surface area contributed by atoms with Crippen LogP contribution < -0.4 is 5.32 Å². The van der Waals surface area contributed by atoms with Crippen LogP contribution in [-0.4, -0.2) is 34.9 Å². The van der Waals surface area contributed by atoms with Crippen LogP contribution in [0.25, 0.3) is 0 Å². The number of carbonyl (C=O) groups excluding carboxylic acids is 2. The molecule has 0 unspecified atom stereocenters. The third-order valence-corrected chi connectivity index (χ3v) is 6.08. The predicted octanol–water partition coefficient (Wildman–Crippen LogP) is 5.10. The second-order valence-electron chi connectivity index (χ2n) is 5.48. The molecular weight excluding hydrogens is 420 g/mol. The maximum atomic E-state index is 12.0. The Labute approximate surface area is 163 Å². The Balaban J connectivity index is 1.49. The highest BCUT2D eigenvalue weighted by Gasteiger charge is 2.21. The van der Waals surface area contributed by atoms with Crippen molar-refractivity contribution in [2.24, 2.45) is 0 Å². The van der Waals surface area contributed by atoms with Gasteiger partial charge in [-0.25, -0.2) is 0 Å². The smallest absolute Gasteiger partial charge is 0.281 e. The number of amides is 2. The van der Waals surface area contributed by atoms with Gasteiger partial charge in [0.1, 0.15) is 0 Å². The van der Waals surface area contributed by atoms with Gasteiger partial charge < -0.3 is 10.2 Å². The fourth-order valence-electron chi connectivity index (χ4n) is 2.33. The summed E-state index contributed by atoms with van der Waals surface area (Å²) in [5.41, 5.74) is 0.771. The monoisotopic (exact) mass is 436 g/mol. The van der Waals surface area contributed by atoms with E-state index in [1.807, 2.05) is 36.4 Å². The Bertz CT molecular complexity index is 751. The number of halogens is 1. The van der Waals surface area contributed by atoms with Gasteiger partial charge in [0, 0.05) is 45.2 Å². The Morgan fingerprint density at radius 2 is 1.76 bits per heavy atom. The molecule has 0 aromatic heterocycles. The van der Waals surface area contributed by atoms with Crippen molar-refractivity contribution in [3.05, 3.63) is 53.0 Å². The molecule has 1 aliphatic heterocycles. The molecule has 4 nitrogen and oxygen atoms in total. The van der Waals surface area contributed by atoms with Crippen LogP contribution in [-0.2, 0) is 4.79 Å². The summed E-state index contributed by atoms with van der Waals surface area (Å²) in [5.74, 6) is 0.746. The number of benzene rings is 2. The van der Waals surface area contributed by atoms with Crippen LogP contribution in [0.2, 0.25) is 0 Å². The van der Waals surface area contributed by atoms with Gasteiger partial charge in [0.2, 0.25) is 5.91 Å². The molecule has 2 amide bonds. The number of thioether (sulfide) groups is 1. The van der Waals surface area contributed by atoms with E-state index < -0.39 is 0 Å². The molecule has 0 radical (unpaired) electrons. The number of anilines is 1. The van der Waals surface area contributed by atoms with Crippen molar-refractivity contribution < 1.29 is 9.59 Å². The first-order valence-electron chi connectivity index (χ1n) is 7.85. The average molecular weight is 437 g/mol. The first-order chi connectivity index (χ1) is 12.1. The van der Waals surface area contributed by atoms with Crippen LogP contribution >= 0.6 is 39.5 Å². The normalized spacial score (nSPS) is 14.0. The van der Waals surface area contributed by atoms with Crippen molar-refractivity contribution >= 4 is 56.3 Å². The molecule has 0 saturated carbocycles. The second-order valence-corrected chi connectivity index (χ2v) is 8.59. The van der Waals surface area contributed by atoms with E-state index in [0.29, 0.717) is 13.0 Å². The van der Waals surface area contributed by atoms with Crippen LogP contribution in [0, 0.1) is 0 Å². The summed E-state index contributed by atoms with van der Waals surface area (Å²) in [4.78, 5) is 27.5. The summed E-state index contributed by atoms with van der Waals surface area (Å²) >= 11 is 6.41. The van der Waals surface area contributed by atoms with Crippen LogP contribution in [0.5, 0.6) is 0 Å². The highest BCUT2D eigenvalue weighted by atomic mass is 79.9. The second kappa shape index (κ2) is 8.78. The quantitative estimate of drug-likeness (QED) is 0.684. The molecule has 3 rings (SSSR count). The van der Waals surface area contributed by atoms with Gasteiger partial charge >= 0.3 is 0 Å². The number of rotatable bonds is 6.